The maximum absolute atomic E-state index is 12.1. The monoisotopic (exact) mass is 281 g/mol. The van der Waals surface area contributed by atoms with E-state index in [4.69, 9.17) is 22.1 Å². The lowest BCUT2D eigenvalue weighted by Crippen LogP contribution is -2.25. The van der Waals surface area contributed by atoms with Crippen LogP contribution in [0.5, 0.6) is 0 Å². The number of rotatable bonds is 3. The van der Waals surface area contributed by atoms with Gasteiger partial charge < -0.3 is 10.5 Å². The third kappa shape index (κ3) is 3.63. The summed E-state index contributed by atoms with van der Waals surface area (Å²) in [5.74, 6) is 0.338. The second-order valence-electron chi connectivity index (χ2n) is 5.20. The Morgan fingerprint density at radius 1 is 1.47 bits per heavy atom. The van der Waals surface area contributed by atoms with Gasteiger partial charge in [0.15, 0.2) is 0 Å². The van der Waals surface area contributed by atoms with Crippen LogP contribution in [0.1, 0.15) is 49.4 Å². The molecule has 0 aromatic heterocycles. The second-order valence-corrected chi connectivity index (χ2v) is 5.64. The molecule has 0 heterocycles. The van der Waals surface area contributed by atoms with Crippen molar-refractivity contribution < 1.29 is 9.53 Å². The normalized spacial score (nSPS) is 23.1. The van der Waals surface area contributed by atoms with Gasteiger partial charge in [0.1, 0.15) is 6.10 Å². The van der Waals surface area contributed by atoms with Gasteiger partial charge in [0, 0.05) is 10.7 Å². The number of nitrogen functional groups attached to an aromatic ring is 1. The Hall–Kier alpha value is -1.22. The molecule has 1 aromatic carbocycles. The van der Waals surface area contributed by atoms with Gasteiger partial charge in [0.2, 0.25) is 0 Å². The topological polar surface area (TPSA) is 52.3 Å². The van der Waals surface area contributed by atoms with Crippen LogP contribution in [0.25, 0.3) is 0 Å². The molecule has 2 N–H and O–H groups in total. The number of carbonyl (C=O) groups is 1. The second kappa shape index (κ2) is 6.29. The number of anilines is 1. The summed E-state index contributed by atoms with van der Waals surface area (Å²) in [5, 5.41) is 0.526. The minimum Gasteiger partial charge on any atom is -0.459 e. The lowest BCUT2D eigenvalue weighted by Gasteiger charge is -2.28. The highest BCUT2D eigenvalue weighted by molar-refractivity contribution is 6.31. The summed E-state index contributed by atoms with van der Waals surface area (Å²) in [6, 6.07) is 4.86. The molecule has 1 aromatic rings. The predicted octanol–water partition coefficient (Wildman–Crippen LogP) is 4.05. The van der Waals surface area contributed by atoms with Crippen LogP contribution in [0, 0.1) is 5.92 Å². The quantitative estimate of drug-likeness (QED) is 0.672. The lowest BCUT2D eigenvalue weighted by molar-refractivity contribution is 0.0141. The van der Waals surface area contributed by atoms with Gasteiger partial charge in [0.05, 0.1) is 5.56 Å². The van der Waals surface area contributed by atoms with E-state index in [1.165, 1.54) is 6.42 Å². The van der Waals surface area contributed by atoms with Crippen molar-refractivity contribution in [1.82, 2.24) is 0 Å². The summed E-state index contributed by atoms with van der Waals surface area (Å²) in [6.07, 6.45) is 5.48. The zero-order valence-corrected chi connectivity index (χ0v) is 12.0. The smallest absolute Gasteiger partial charge is 0.340 e. The third-order valence-corrected chi connectivity index (χ3v) is 4.05. The number of halogens is 1. The van der Waals surface area contributed by atoms with Gasteiger partial charge in [-0.05, 0) is 43.4 Å². The summed E-state index contributed by atoms with van der Waals surface area (Å²) >= 11 is 5.82. The summed E-state index contributed by atoms with van der Waals surface area (Å²) in [7, 11) is 0. The Bertz CT molecular complexity index is 461. The number of nitrogens with two attached hydrogens (primary N) is 1. The molecule has 4 heteroatoms. The molecule has 1 aliphatic carbocycles. The molecule has 0 amide bonds. The molecule has 1 saturated carbocycles. The van der Waals surface area contributed by atoms with E-state index in [1.807, 2.05) is 0 Å². The lowest BCUT2D eigenvalue weighted by atomic mass is 9.85. The van der Waals surface area contributed by atoms with Crippen molar-refractivity contribution in [3.63, 3.8) is 0 Å². The molecule has 3 nitrogen and oxygen atoms in total. The number of ether oxygens (including phenoxy) is 1. The highest BCUT2D eigenvalue weighted by atomic mass is 35.5. The largest absolute Gasteiger partial charge is 0.459 e. The predicted molar refractivity (Wildman–Crippen MR) is 77.3 cm³/mol. The molecule has 2 unspecified atom stereocenters. The van der Waals surface area contributed by atoms with Crippen molar-refractivity contribution in [1.29, 1.82) is 0 Å². The van der Waals surface area contributed by atoms with E-state index < -0.39 is 0 Å². The maximum Gasteiger partial charge on any atom is 0.340 e. The fraction of sp³-hybridized carbons (Fsp3) is 0.533. The van der Waals surface area contributed by atoms with Crippen LogP contribution in [-0.2, 0) is 4.74 Å². The molecule has 1 fully saturated rings. The Kier molecular flexibility index (Phi) is 4.70. The van der Waals surface area contributed by atoms with Crippen LogP contribution in [0.2, 0.25) is 5.02 Å². The molecule has 1 aliphatic rings. The molecular formula is C15H20ClNO2. The first-order chi connectivity index (χ1) is 9.10. The van der Waals surface area contributed by atoms with Crippen molar-refractivity contribution >= 4 is 23.3 Å². The molecule has 0 spiro atoms. The van der Waals surface area contributed by atoms with Crippen molar-refractivity contribution in [2.24, 2.45) is 5.92 Å². The Balaban J connectivity index is 2.00. The van der Waals surface area contributed by atoms with Crippen molar-refractivity contribution in [3.8, 4) is 0 Å². The van der Waals surface area contributed by atoms with Gasteiger partial charge in [-0.2, -0.15) is 0 Å². The van der Waals surface area contributed by atoms with Crippen LogP contribution in [0.4, 0.5) is 5.69 Å². The van der Waals surface area contributed by atoms with E-state index >= 15 is 0 Å². The fourth-order valence-corrected chi connectivity index (χ4v) is 2.83. The highest BCUT2D eigenvalue weighted by Crippen LogP contribution is 2.29. The van der Waals surface area contributed by atoms with Crippen LogP contribution in [-0.4, -0.2) is 12.1 Å². The van der Waals surface area contributed by atoms with Crippen molar-refractivity contribution in [3.05, 3.63) is 28.8 Å². The van der Waals surface area contributed by atoms with Gasteiger partial charge in [-0.15, -0.1) is 0 Å². The fourth-order valence-electron chi connectivity index (χ4n) is 2.65. The van der Waals surface area contributed by atoms with Crippen LogP contribution < -0.4 is 5.73 Å². The van der Waals surface area contributed by atoms with E-state index in [9.17, 15) is 4.79 Å². The summed E-state index contributed by atoms with van der Waals surface area (Å²) in [4.78, 5) is 12.1. The Morgan fingerprint density at radius 2 is 2.26 bits per heavy atom. The van der Waals surface area contributed by atoms with Gasteiger partial charge in [-0.1, -0.05) is 31.4 Å². The molecule has 19 heavy (non-hydrogen) atoms. The van der Waals surface area contributed by atoms with E-state index in [1.54, 1.807) is 18.2 Å². The summed E-state index contributed by atoms with van der Waals surface area (Å²) in [5.41, 5.74) is 6.58. The minimum atomic E-state index is -0.337. The van der Waals surface area contributed by atoms with Crippen LogP contribution >= 0.6 is 11.6 Å². The molecule has 0 bridgehead atoms. The number of hydrogen-bond donors (Lipinski definition) is 1. The molecule has 0 aliphatic heterocycles. The molecular weight excluding hydrogens is 262 g/mol. The van der Waals surface area contributed by atoms with E-state index in [2.05, 4.69) is 6.92 Å². The van der Waals surface area contributed by atoms with Gasteiger partial charge in [-0.3, -0.25) is 0 Å². The van der Waals surface area contributed by atoms with E-state index in [0.29, 0.717) is 22.2 Å². The summed E-state index contributed by atoms with van der Waals surface area (Å²) in [6.45, 7) is 2.19. The van der Waals surface area contributed by atoms with E-state index in [-0.39, 0.29) is 12.1 Å². The average molecular weight is 282 g/mol. The molecule has 2 atom stereocenters. The number of hydrogen-bond acceptors (Lipinski definition) is 3. The van der Waals surface area contributed by atoms with Gasteiger partial charge in [-0.25, -0.2) is 4.79 Å². The summed E-state index contributed by atoms with van der Waals surface area (Å²) < 4.78 is 5.57. The third-order valence-electron chi connectivity index (χ3n) is 3.82. The standard InChI is InChI=1S/C15H20ClNO2/c1-2-10-4-3-5-12(8-10)19-15(18)13-7-6-11(16)9-14(13)17/h6-7,9-10,12H,2-5,8,17H2,1H3. The van der Waals surface area contributed by atoms with Gasteiger partial charge >= 0.3 is 5.97 Å². The number of esters is 1. The molecule has 0 saturated heterocycles. The Morgan fingerprint density at radius 3 is 2.95 bits per heavy atom. The first-order valence-electron chi connectivity index (χ1n) is 6.86. The first kappa shape index (κ1) is 14.2. The molecule has 0 radical (unpaired) electrons. The number of benzene rings is 1. The average Bonchev–Trinajstić information content (AvgIpc) is 2.38. The van der Waals surface area contributed by atoms with Crippen molar-refractivity contribution in [2.45, 2.75) is 45.1 Å². The zero-order chi connectivity index (χ0) is 13.8. The Labute approximate surface area is 119 Å². The maximum atomic E-state index is 12.1. The molecule has 104 valence electrons. The zero-order valence-electron chi connectivity index (χ0n) is 11.2. The van der Waals surface area contributed by atoms with Crippen molar-refractivity contribution in [2.75, 3.05) is 5.73 Å². The highest BCUT2D eigenvalue weighted by Gasteiger charge is 2.24. The molecule has 2 rings (SSSR count). The SMILES string of the molecule is CCC1CCCC(OC(=O)c2ccc(Cl)cc2N)C1. The van der Waals surface area contributed by atoms with Gasteiger partial charge in [0.25, 0.3) is 0 Å². The van der Waals surface area contributed by atoms with Crippen LogP contribution in [0.15, 0.2) is 18.2 Å². The number of carbonyl (C=O) groups excluding carboxylic acids is 1. The van der Waals surface area contributed by atoms with Crippen LogP contribution in [0.3, 0.4) is 0 Å². The first-order valence-corrected chi connectivity index (χ1v) is 7.24. The van der Waals surface area contributed by atoms with E-state index in [0.717, 1.165) is 25.7 Å². The minimum absolute atomic E-state index is 0.0290.